The maximum absolute atomic E-state index is 12.7. The Kier molecular flexibility index (Phi) is 3.72. The summed E-state index contributed by atoms with van der Waals surface area (Å²) in [5.41, 5.74) is 7.27. The number of aromatic nitrogens is 1. The maximum atomic E-state index is 12.7. The number of likely N-dealkylation sites (tertiary alicyclic amines) is 1. The van der Waals surface area contributed by atoms with E-state index < -0.39 is 0 Å². The summed E-state index contributed by atoms with van der Waals surface area (Å²) >= 11 is 0. The van der Waals surface area contributed by atoms with Crippen LogP contribution in [0.2, 0.25) is 0 Å². The van der Waals surface area contributed by atoms with Gasteiger partial charge in [0.1, 0.15) is 5.69 Å². The first-order chi connectivity index (χ1) is 9.69. The molecular weight excluding hydrogens is 250 g/mol. The normalized spacial score (nSPS) is 26.4. The lowest BCUT2D eigenvalue weighted by Crippen LogP contribution is -2.45. The number of nitrogens with two attached hydrogens (primary N) is 1. The first-order valence-electron chi connectivity index (χ1n) is 7.94. The van der Waals surface area contributed by atoms with E-state index in [0.29, 0.717) is 5.69 Å². The molecular formula is C16H25N3O. The Morgan fingerprint density at radius 3 is 2.80 bits per heavy atom. The fourth-order valence-electron chi connectivity index (χ4n) is 3.92. The van der Waals surface area contributed by atoms with Crippen molar-refractivity contribution < 1.29 is 4.79 Å². The van der Waals surface area contributed by atoms with Gasteiger partial charge < -0.3 is 15.2 Å². The molecule has 3 rings (SSSR count). The van der Waals surface area contributed by atoms with E-state index in [4.69, 9.17) is 5.73 Å². The molecule has 4 heteroatoms. The molecule has 0 radical (unpaired) electrons. The molecule has 1 aromatic rings. The summed E-state index contributed by atoms with van der Waals surface area (Å²) in [4.78, 5) is 14.8. The summed E-state index contributed by atoms with van der Waals surface area (Å²) in [5, 5.41) is 0. The maximum Gasteiger partial charge on any atom is 0.270 e. The number of amides is 1. The molecule has 1 amide bonds. The van der Waals surface area contributed by atoms with Gasteiger partial charge in [0.25, 0.3) is 5.91 Å². The van der Waals surface area contributed by atoms with E-state index in [1.807, 2.05) is 28.7 Å². The van der Waals surface area contributed by atoms with Crippen LogP contribution in [-0.4, -0.2) is 28.5 Å². The van der Waals surface area contributed by atoms with Gasteiger partial charge in [0.2, 0.25) is 0 Å². The number of hydrogen-bond donors (Lipinski definition) is 1. The summed E-state index contributed by atoms with van der Waals surface area (Å²) in [6, 6.07) is 1.82. The molecule has 0 spiro atoms. The van der Waals surface area contributed by atoms with Gasteiger partial charge in [-0.3, -0.25) is 4.79 Å². The number of anilines is 1. The van der Waals surface area contributed by atoms with Crippen LogP contribution in [0.15, 0.2) is 12.3 Å². The Balaban J connectivity index is 1.74. The summed E-state index contributed by atoms with van der Waals surface area (Å²) in [5.74, 6) is 1.74. The number of aryl methyl sites for hydroxylation is 1. The Hall–Kier alpha value is -1.45. The van der Waals surface area contributed by atoms with Crippen molar-refractivity contribution >= 4 is 11.6 Å². The van der Waals surface area contributed by atoms with Crippen molar-refractivity contribution in [3.63, 3.8) is 0 Å². The molecule has 2 aliphatic rings. The van der Waals surface area contributed by atoms with E-state index in [1.54, 1.807) is 0 Å². The van der Waals surface area contributed by atoms with E-state index in [-0.39, 0.29) is 5.91 Å². The smallest absolute Gasteiger partial charge is 0.270 e. The SMILES string of the molecule is CCn1cc(N)cc1C(=O)N1CCC2CCCCC2C1. The van der Waals surface area contributed by atoms with Crippen LogP contribution in [0, 0.1) is 11.8 Å². The highest BCUT2D eigenvalue weighted by atomic mass is 16.2. The van der Waals surface area contributed by atoms with Gasteiger partial charge in [-0.2, -0.15) is 0 Å². The average molecular weight is 275 g/mol. The van der Waals surface area contributed by atoms with Gasteiger partial charge in [-0.1, -0.05) is 19.3 Å². The van der Waals surface area contributed by atoms with Gasteiger partial charge >= 0.3 is 0 Å². The minimum Gasteiger partial charge on any atom is -0.397 e. The lowest BCUT2D eigenvalue weighted by atomic mass is 9.75. The molecule has 2 atom stereocenters. The standard InChI is InChI=1S/C16H25N3O/c1-2-18-11-14(17)9-15(18)16(20)19-8-7-12-5-3-4-6-13(12)10-19/h9,11-13H,2-8,10,17H2,1H3. The molecule has 0 bridgehead atoms. The first-order valence-corrected chi connectivity index (χ1v) is 7.94. The molecule has 20 heavy (non-hydrogen) atoms. The van der Waals surface area contributed by atoms with Crippen LogP contribution < -0.4 is 5.73 Å². The van der Waals surface area contributed by atoms with Crippen LogP contribution in [0.4, 0.5) is 5.69 Å². The van der Waals surface area contributed by atoms with Gasteiger partial charge in [0.05, 0.1) is 5.69 Å². The van der Waals surface area contributed by atoms with Crippen molar-refractivity contribution in [3.05, 3.63) is 18.0 Å². The van der Waals surface area contributed by atoms with Crippen LogP contribution in [-0.2, 0) is 6.54 Å². The number of carbonyl (C=O) groups is 1. The van der Waals surface area contributed by atoms with E-state index in [0.717, 1.165) is 37.2 Å². The van der Waals surface area contributed by atoms with E-state index >= 15 is 0 Å². The predicted molar refractivity (Wildman–Crippen MR) is 80.5 cm³/mol. The number of carbonyl (C=O) groups excluding carboxylic acids is 1. The van der Waals surface area contributed by atoms with Gasteiger partial charge in [0, 0.05) is 25.8 Å². The second-order valence-corrected chi connectivity index (χ2v) is 6.29. The largest absolute Gasteiger partial charge is 0.397 e. The van der Waals surface area contributed by atoms with Crippen LogP contribution in [0.1, 0.15) is 49.5 Å². The second-order valence-electron chi connectivity index (χ2n) is 6.29. The second kappa shape index (κ2) is 5.51. The third-order valence-corrected chi connectivity index (χ3v) is 5.06. The molecule has 1 aliphatic heterocycles. The van der Waals surface area contributed by atoms with Gasteiger partial charge in [-0.15, -0.1) is 0 Å². The van der Waals surface area contributed by atoms with Gasteiger partial charge in [-0.05, 0) is 37.7 Å². The lowest BCUT2D eigenvalue weighted by molar-refractivity contribution is 0.0511. The number of nitrogen functional groups attached to an aromatic ring is 1. The highest BCUT2D eigenvalue weighted by Crippen LogP contribution is 2.36. The fraction of sp³-hybridized carbons (Fsp3) is 0.688. The molecule has 110 valence electrons. The Morgan fingerprint density at radius 1 is 1.30 bits per heavy atom. The molecule has 0 aromatic carbocycles. The monoisotopic (exact) mass is 275 g/mol. The van der Waals surface area contributed by atoms with Crippen molar-refractivity contribution in [1.82, 2.24) is 9.47 Å². The minimum absolute atomic E-state index is 0.160. The van der Waals surface area contributed by atoms with Crippen LogP contribution >= 0.6 is 0 Å². The molecule has 2 unspecified atom stereocenters. The Bertz CT molecular complexity index is 494. The van der Waals surface area contributed by atoms with Crippen molar-refractivity contribution in [3.8, 4) is 0 Å². The zero-order valence-electron chi connectivity index (χ0n) is 12.3. The van der Waals surface area contributed by atoms with Crippen LogP contribution in [0.5, 0.6) is 0 Å². The quantitative estimate of drug-likeness (QED) is 0.902. The summed E-state index contributed by atoms with van der Waals surface area (Å²) in [6.45, 7) is 4.69. The summed E-state index contributed by atoms with van der Waals surface area (Å²) < 4.78 is 1.96. The number of piperidine rings is 1. The molecule has 2 heterocycles. The number of rotatable bonds is 2. The molecule has 1 saturated carbocycles. The highest BCUT2D eigenvalue weighted by Gasteiger charge is 2.33. The van der Waals surface area contributed by atoms with Gasteiger partial charge in [0.15, 0.2) is 0 Å². The average Bonchev–Trinajstić information content (AvgIpc) is 2.87. The molecule has 2 fully saturated rings. The summed E-state index contributed by atoms with van der Waals surface area (Å²) in [6.07, 6.45) is 8.42. The van der Waals surface area contributed by atoms with Crippen LogP contribution in [0.25, 0.3) is 0 Å². The Morgan fingerprint density at radius 2 is 2.05 bits per heavy atom. The lowest BCUT2D eigenvalue weighted by Gasteiger charge is -2.41. The van der Waals surface area contributed by atoms with Crippen molar-refractivity contribution in [2.45, 2.75) is 45.6 Å². The van der Waals surface area contributed by atoms with Crippen molar-refractivity contribution in [1.29, 1.82) is 0 Å². The third kappa shape index (κ3) is 2.43. The molecule has 1 aliphatic carbocycles. The molecule has 4 nitrogen and oxygen atoms in total. The zero-order chi connectivity index (χ0) is 14.1. The minimum atomic E-state index is 0.160. The first kappa shape index (κ1) is 13.5. The van der Waals surface area contributed by atoms with Crippen LogP contribution in [0.3, 0.4) is 0 Å². The van der Waals surface area contributed by atoms with E-state index in [9.17, 15) is 4.79 Å². The number of fused-ring (bicyclic) bond motifs is 1. The topological polar surface area (TPSA) is 51.3 Å². The van der Waals surface area contributed by atoms with Gasteiger partial charge in [-0.25, -0.2) is 0 Å². The van der Waals surface area contributed by atoms with E-state index in [1.165, 1.54) is 32.1 Å². The predicted octanol–water partition coefficient (Wildman–Crippen LogP) is 2.74. The van der Waals surface area contributed by atoms with Crippen molar-refractivity contribution in [2.24, 2.45) is 11.8 Å². The Labute approximate surface area is 120 Å². The summed E-state index contributed by atoms with van der Waals surface area (Å²) in [7, 11) is 0. The third-order valence-electron chi connectivity index (χ3n) is 5.06. The number of hydrogen-bond acceptors (Lipinski definition) is 2. The number of nitrogens with zero attached hydrogens (tertiary/aromatic N) is 2. The fourth-order valence-corrected chi connectivity index (χ4v) is 3.92. The molecule has 2 N–H and O–H groups in total. The van der Waals surface area contributed by atoms with Crippen molar-refractivity contribution in [2.75, 3.05) is 18.8 Å². The van der Waals surface area contributed by atoms with E-state index in [2.05, 4.69) is 0 Å². The zero-order valence-corrected chi connectivity index (χ0v) is 12.3. The molecule has 1 saturated heterocycles. The molecule has 1 aromatic heterocycles. The highest BCUT2D eigenvalue weighted by molar-refractivity contribution is 5.94.